The number of aliphatic imine (C=N–C) groups is 1. The fourth-order valence-corrected chi connectivity index (χ4v) is 2.29. The molecule has 1 aliphatic carbocycles. The van der Waals surface area contributed by atoms with Gasteiger partial charge in [-0.3, -0.25) is 4.99 Å². The summed E-state index contributed by atoms with van der Waals surface area (Å²) in [4.78, 5) is 6.86. The highest BCUT2D eigenvalue weighted by atomic mass is 16.5. The Balaban J connectivity index is 1.72. The van der Waals surface area contributed by atoms with Crippen LogP contribution in [0.3, 0.4) is 0 Å². The molecule has 1 aromatic rings. The van der Waals surface area contributed by atoms with Gasteiger partial charge in [-0.2, -0.15) is 0 Å². The minimum atomic E-state index is 0.812. The Labute approximate surface area is 134 Å². The highest BCUT2D eigenvalue weighted by molar-refractivity contribution is 5.79. The molecule has 0 aliphatic heterocycles. The second kappa shape index (κ2) is 9.46. The zero-order chi connectivity index (χ0) is 15.6. The monoisotopic (exact) mass is 303 g/mol. The molecule has 1 saturated carbocycles. The summed E-state index contributed by atoms with van der Waals surface area (Å²) in [7, 11) is 2.08. The predicted molar refractivity (Wildman–Crippen MR) is 92.0 cm³/mol. The summed E-state index contributed by atoms with van der Waals surface area (Å²) in [5.41, 5.74) is 1.29. The summed E-state index contributed by atoms with van der Waals surface area (Å²) < 4.78 is 5.65. The first-order chi connectivity index (χ1) is 10.8. The smallest absolute Gasteiger partial charge is 0.193 e. The van der Waals surface area contributed by atoms with Gasteiger partial charge < -0.3 is 15.0 Å². The lowest BCUT2D eigenvalue weighted by atomic mass is 10.2. The van der Waals surface area contributed by atoms with Gasteiger partial charge in [0.15, 0.2) is 5.96 Å². The van der Waals surface area contributed by atoms with Crippen molar-refractivity contribution in [2.24, 2.45) is 10.9 Å². The van der Waals surface area contributed by atoms with E-state index in [1.807, 2.05) is 6.07 Å². The van der Waals surface area contributed by atoms with Crippen molar-refractivity contribution in [3.8, 4) is 0 Å². The van der Waals surface area contributed by atoms with Gasteiger partial charge in [0.25, 0.3) is 0 Å². The molecule has 4 heteroatoms. The maximum atomic E-state index is 5.65. The maximum Gasteiger partial charge on any atom is 0.193 e. The van der Waals surface area contributed by atoms with Gasteiger partial charge in [-0.25, -0.2) is 0 Å². The van der Waals surface area contributed by atoms with E-state index < -0.39 is 0 Å². The summed E-state index contributed by atoms with van der Waals surface area (Å²) in [5, 5.41) is 3.36. The first kappa shape index (κ1) is 16.8. The summed E-state index contributed by atoms with van der Waals surface area (Å²) in [6.07, 6.45) is 3.70. The van der Waals surface area contributed by atoms with Crippen LogP contribution in [0.4, 0.5) is 0 Å². The Morgan fingerprint density at radius 3 is 2.77 bits per heavy atom. The van der Waals surface area contributed by atoms with Crippen molar-refractivity contribution in [3.63, 3.8) is 0 Å². The van der Waals surface area contributed by atoms with Crippen molar-refractivity contribution >= 4 is 5.96 Å². The number of nitrogens with zero attached hydrogens (tertiary/aromatic N) is 2. The molecule has 122 valence electrons. The van der Waals surface area contributed by atoms with E-state index >= 15 is 0 Å². The molecule has 0 saturated heterocycles. The van der Waals surface area contributed by atoms with Gasteiger partial charge in [-0.15, -0.1) is 0 Å². The molecular weight excluding hydrogens is 274 g/mol. The van der Waals surface area contributed by atoms with Gasteiger partial charge in [0.1, 0.15) is 0 Å². The number of hydrogen-bond donors (Lipinski definition) is 1. The van der Waals surface area contributed by atoms with Gasteiger partial charge in [0, 0.05) is 39.9 Å². The van der Waals surface area contributed by atoms with Gasteiger partial charge >= 0.3 is 0 Å². The molecule has 1 N–H and O–H groups in total. The zero-order valence-corrected chi connectivity index (χ0v) is 13.9. The molecule has 0 amide bonds. The lowest BCUT2D eigenvalue weighted by molar-refractivity contribution is 0.123. The highest BCUT2D eigenvalue weighted by Gasteiger charge is 2.20. The third kappa shape index (κ3) is 6.48. The molecule has 0 atom stereocenters. The number of nitrogens with one attached hydrogen (secondary N) is 1. The molecule has 0 aromatic heterocycles. The number of benzene rings is 1. The van der Waals surface area contributed by atoms with Crippen LogP contribution in [0, 0.1) is 5.92 Å². The van der Waals surface area contributed by atoms with Crippen LogP contribution < -0.4 is 5.32 Å². The average Bonchev–Trinajstić information content (AvgIpc) is 3.34. The molecule has 0 radical (unpaired) electrons. The van der Waals surface area contributed by atoms with Crippen molar-refractivity contribution in [2.45, 2.75) is 32.7 Å². The predicted octanol–water partition coefficient (Wildman–Crippen LogP) is 2.90. The summed E-state index contributed by atoms with van der Waals surface area (Å²) in [6.45, 7) is 6.43. The van der Waals surface area contributed by atoms with Gasteiger partial charge in [0.2, 0.25) is 0 Å². The van der Waals surface area contributed by atoms with Gasteiger partial charge in [-0.1, -0.05) is 30.3 Å². The fraction of sp³-hybridized carbons (Fsp3) is 0.611. The molecule has 1 fully saturated rings. The van der Waals surface area contributed by atoms with Crippen LogP contribution in [-0.2, 0) is 11.3 Å². The van der Waals surface area contributed by atoms with Crippen molar-refractivity contribution in [2.75, 3.05) is 33.4 Å². The number of guanidine groups is 1. The normalized spacial score (nSPS) is 14.9. The van der Waals surface area contributed by atoms with E-state index in [1.54, 1.807) is 0 Å². The van der Waals surface area contributed by atoms with E-state index in [9.17, 15) is 0 Å². The molecule has 0 unspecified atom stereocenters. The first-order valence-electron chi connectivity index (χ1n) is 8.40. The van der Waals surface area contributed by atoms with Crippen LogP contribution in [0.25, 0.3) is 0 Å². The lowest BCUT2D eigenvalue weighted by Crippen LogP contribution is -2.38. The highest BCUT2D eigenvalue weighted by Crippen LogP contribution is 2.28. The van der Waals surface area contributed by atoms with Crippen molar-refractivity contribution < 1.29 is 4.74 Å². The largest absolute Gasteiger partial charge is 0.381 e. The molecule has 1 aromatic carbocycles. The molecule has 4 nitrogen and oxygen atoms in total. The Kier molecular flexibility index (Phi) is 7.23. The van der Waals surface area contributed by atoms with Crippen molar-refractivity contribution in [1.29, 1.82) is 0 Å². The molecular formula is C18H29N3O. The van der Waals surface area contributed by atoms with Crippen LogP contribution in [0.1, 0.15) is 31.7 Å². The third-order valence-corrected chi connectivity index (χ3v) is 3.72. The Bertz CT molecular complexity index is 443. The molecule has 2 rings (SSSR count). The topological polar surface area (TPSA) is 36.9 Å². The summed E-state index contributed by atoms with van der Waals surface area (Å²) in [6, 6.07) is 10.5. The van der Waals surface area contributed by atoms with Crippen molar-refractivity contribution in [1.82, 2.24) is 10.2 Å². The Morgan fingerprint density at radius 2 is 2.09 bits per heavy atom. The minimum Gasteiger partial charge on any atom is -0.381 e. The Morgan fingerprint density at radius 1 is 1.32 bits per heavy atom. The van der Waals surface area contributed by atoms with Crippen LogP contribution in [0.2, 0.25) is 0 Å². The summed E-state index contributed by atoms with van der Waals surface area (Å²) >= 11 is 0. The van der Waals surface area contributed by atoms with Crippen LogP contribution >= 0.6 is 0 Å². The van der Waals surface area contributed by atoms with E-state index in [1.165, 1.54) is 18.4 Å². The maximum absolute atomic E-state index is 5.65. The molecule has 0 bridgehead atoms. The SMILES string of the molecule is CCNC(=NCCCOCC1CC1)N(C)Cc1ccccc1. The molecule has 22 heavy (non-hydrogen) atoms. The van der Waals surface area contributed by atoms with Crippen LogP contribution in [0.5, 0.6) is 0 Å². The molecule has 1 aliphatic rings. The first-order valence-corrected chi connectivity index (χ1v) is 8.40. The second-order valence-electron chi connectivity index (χ2n) is 5.95. The third-order valence-electron chi connectivity index (χ3n) is 3.72. The van der Waals surface area contributed by atoms with Crippen molar-refractivity contribution in [3.05, 3.63) is 35.9 Å². The number of ether oxygens (including phenoxy) is 1. The molecule has 0 heterocycles. The minimum absolute atomic E-state index is 0.812. The standard InChI is InChI=1S/C18H29N3O/c1-3-19-18(20-12-7-13-22-15-17-10-11-17)21(2)14-16-8-5-4-6-9-16/h4-6,8-9,17H,3,7,10-15H2,1-2H3,(H,19,20). The van der Waals surface area contributed by atoms with Crippen LogP contribution in [0.15, 0.2) is 35.3 Å². The second-order valence-corrected chi connectivity index (χ2v) is 5.95. The Hall–Kier alpha value is -1.55. The van der Waals surface area contributed by atoms with Gasteiger partial charge in [-0.05, 0) is 37.7 Å². The van der Waals surface area contributed by atoms with E-state index in [-0.39, 0.29) is 0 Å². The summed E-state index contributed by atoms with van der Waals surface area (Å²) in [5.74, 6) is 1.81. The lowest BCUT2D eigenvalue weighted by Gasteiger charge is -2.22. The number of rotatable bonds is 9. The van der Waals surface area contributed by atoms with E-state index in [4.69, 9.17) is 9.73 Å². The zero-order valence-electron chi connectivity index (χ0n) is 13.9. The van der Waals surface area contributed by atoms with E-state index in [2.05, 4.69) is 48.5 Å². The fourth-order valence-electron chi connectivity index (χ4n) is 2.29. The van der Waals surface area contributed by atoms with Crippen LogP contribution in [-0.4, -0.2) is 44.2 Å². The van der Waals surface area contributed by atoms with E-state index in [0.29, 0.717) is 0 Å². The van der Waals surface area contributed by atoms with Gasteiger partial charge in [0.05, 0.1) is 0 Å². The average molecular weight is 303 g/mol. The molecule has 0 spiro atoms. The number of hydrogen-bond acceptors (Lipinski definition) is 2. The van der Waals surface area contributed by atoms with E-state index in [0.717, 1.165) is 51.1 Å². The quantitative estimate of drug-likeness (QED) is 0.433.